The molecule has 4 N–H and O–H groups in total. The number of hydrogen-bond donors (Lipinski definition) is 3. The molecule has 3 atom stereocenters. The molecular weight excluding hydrogens is 308 g/mol. The highest BCUT2D eigenvalue weighted by Gasteiger charge is 2.23. The number of hydrogen-bond acceptors (Lipinski definition) is 3. The lowest BCUT2D eigenvalue weighted by Crippen LogP contribution is -2.28. The van der Waals surface area contributed by atoms with Gasteiger partial charge in [-0.2, -0.15) is 0 Å². The average molecular weight is 339 g/mol. The van der Waals surface area contributed by atoms with Crippen LogP contribution in [-0.4, -0.2) is 30.8 Å². The molecule has 3 unspecified atom stereocenters. The van der Waals surface area contributed by atoms with Crippen molar-refractivity contribution in [1.82, 2.24) is 5.32 Å². The highest BCUT2D eigenvalue weighted by Crippen LogP contribution is 2.32. The van der Waals surface area contributed by atoms with Gasteiger partial charge in [0.1, 0.15) is 0 Å². The summed E-state index contributed by atoms with van der Waals surface area (Å²) in [4.78, 5) is 0. The van der Waals surface area contributed by atoms with E-state index in [0.717, 1.165) is 36.9 Å². The second kappa shape index (κ2) is 9.63. The van der Waals surface area contributed by atoms with Crippen LogP contribution in [0.15, 0.2) is 24.3 Å². The first-order valence-corrected chi connectivity index (χ1v) is 9.30. The fourth-order valence-electron chi connectivity index (χ4n) is 3.33. The van der Waals surface area contributed by atoms with Gasteiger partial charge in [0.2, 0.25) is 0 Å². The Morgan fingerprint density at radius 2 is 2.13 bits per heavy atom. The number of nitrogens with one attached hydrogen (secondary N) is 1. The molecule has 130 valence electrons. The maximum atomic E-state index is 9.07. The Labute approximate surface area is 145 Å². The topological polar surface area (TPSA) is 58.3 Å². The first kappa shape index (κ1) is 18.7. The van der Waals surface area contributed by atoms with Crippen LogP contribution in [0.4, 0.5) is 0 Å². The lowest BCUT2D eigenvalue weighted by Gasteiger charge is -2.27. The molecule has 0 amide bonds. The van der Waals surface area contributed by atoms with Gasteiger partial charge in [-0.15, -0.1) is 0 Å². The van der Waals surface area contributed by atoms with Crippen molar-refractivity contribution >= 4 is 11.6 Å². The zero-order chi connectivity index (χ0) is 16.7. The lowest BCUT2D eigenvalue weighted by atomic mass is 9.81. The van der Waals surface area contributed by atoms with Crippen LogP contribution in [0.5, 0.6) is 0 Å². The second-order valence-electron chi connectivity index (χ2n) is 7.08. The Bertz CT molecular complexity index is 464. The standard InChI is InChI=1S/C19H31ClN2O/c1-14(11-18(21)8-10-23)19(7-9-22-13-15-5-6-15)16-3-2-4-17(20)12-16/h2-4,12,14-15,18-19,22-23H,5-11,13,21H2,1H3. The first-order chi connectivity index (χ1) is 11.1. The summed E-state index contributed by atoms with van der Waals surface area (Å²) in [7, 11) is 0. The minimum atomic E-state index is 0.0658. The number of aliphatic hydroxyl groups excluding tert-OH is 1. The van der Waals surface area contributed by atoms with Crippen molar-refractivity contribution in [3.05, 3.63) is 34.9 Å². The van der Waals surface area contributed by atoms with E-state index in [1.807, 2.05) is 12.1 Å². The monoisotopic (exact) mass is 338 g/mol. The van der Waals surface area contributed by atoms with E-state index in [-0.39, 0.29) is 12.6 Å². The summed E-state index contributed by atoms with van der Waals surface area (Å²) in [6.07, 6.45) is 5.47. The third kappa shape index (κ3) is 6.80. The molecule has 0 heterocycles. The summed E-state index contributed by atoms with van der Waals surface area (Å²) in [5.74, 6) is 1.83. The molecule has 23 heavy (non-hydrogen) atoms. The highest BCUT2D eigenvalue weighted by molar-refractivity contribution is 6.30. The summed E-state index contributed by atoms with van der Waals surface area (Å²) < 4.78 is 0. The van der Waals surface area contributed by atoms with Gasteiger partial charge in [0.05, 0.1) is 0 Å². The molecule has 3 nitrogen and oxygen atoms in total. The number of aliphatic hydroxyl groups is 1. The van der Waals surface area contributed by atoms with Gasteiger partial charge in [0, 0.05) is 17.7 Å². The van der Waals surface area contributed by atoms with Crippen LogP contribution >= 0.6 is 11.6 Å². The minimum Gasteiger partial charge on any atom is -0.396 e. The van der Waals surface area contributed by atoms with Crippen LogP contribution < -0.4 is 11.1 Å². The molecule has 0 spiro atoms. The Morgan fingerprint density at radius 3 is 2.78 bits per heavy atom. The van der Waals surface area contributed by atoms with Gasteiger partial charge in [0.15, 0.2) is 0 Å². The van der Waals surface area contributed by atoms with E-state index in [0.29, 0.717) is 18.3 Å². The Kier molecular flexibility index (Phi) is 7.84. The highest BCUT2D eigenvalue weighted by atomic mass is 35.5. The minimum absolute atomic E-state index is 0.0658. The van der Waals surface area contributed by atoms with Crippen molar-refractivity contribution in [2.24, 2.45) is 17.6 Å². The molecule has 0 radical (unpaired) electrons. The summed E-state index contributed by atoms with van der Waals surface area (Å²) in [5.41, 5.74) is 7.43. The van der Waals surface area contributed by atoms with Crippen molar-refractivity contribution in [1.29, 1.82) is 0 Å². The third-order valence-corrected chi connectivity index (χ3v) is 5.14. The number of rotatable bonds is 11. The number of nitrogens with two attached hydrogens (primary N) is 1. The van der Waals surface area contributed by atoms with Gasteiger partial charge in [-0.3, -0.25) is 0 Å². The van der Waals surface area contributed by atoms with E-state index in [1.54, 1.807) is 0 Å². The molecular formula is C19H31ClN2O. The van der Waals surface area contributed by atoms with Crippen LogP contribution in [0.1, 0.15) is 50.5 Å². The second-order valence-corrected chi connectivity index (χ2v) is 7.52. The molecule has 1 fully saturated rings. The van der Waals surface area contributed by atoms with Crippen molar-refractivity contribution in [2.75, 3.05) is 19.7 Å². The van der Waals surface area contributed by atoms with Crippen molar-refractivity contribution in [3.8, 4) is 0 Å². The zero-order valence-corrected chi connectivity index (χ0v) is 14.9. The van der Waals surface area contributed by atoms with Crippen molar-refractivity contribution in [3.63, 3.8) is 0 Å². The molecule has 1 aromatic rings. The molecule has 0 saturated heterocycles. The molecule has 2 rings (SSSR count). The average Bonchev–Trinajstić information content (AvgIpc) is 3.31. The van der Waals surface area contributed by atoms with Gasteiger partial charge in [0.25, 0.3) is 0 Å². The quantitative estimate of drug-likeness (QED) is 0.541. The number of halogens is 1. The fraction of sp³-hybridized carbons (Fsp3) is 0.684. The molecule has 0 bridgehead atoms. The zero-order valence-electron chi connectivity index (χ0n) is 14.2. The predicted octanol–water partition coefficient (Wildman–Crippen LogP) is 3.55. The van der Waals surface area contributed by atoms with Gasteiger partial charge >= 0.3 is 0 Å². The molecule has 1 aliphatic rings. The van der Waals surface area contributed by atoms with E-state index >= 15 is 0 Å². The van der Waals surface area contributed by atoms with Crippen LogP contribution in [0.2, 0.25) is 5.02 Å². The van der Waals surface area contributed by atoms with Gasteiger partial charge in [-0.1, -0.05) is 30.7 Å². The fourth-order valence-corrected chi connectivity index (χ4v) is 3.53. The Morgan fingerprint density at radius 1 is 1.35 bits per heavy atom. The Balaban J connectivity index is 1.94. The van der Waals surface area contributed by atoms with E-state index < -0.39 is 0 Å². The maximum Gasteiger partial charge on any atom is 0.0445 e. The summed E-state index contributed by atoms with van der Waals surface area (Å²) in [6.45, 7) is 4.62. The smallest absolute Gasteiger partial charge is 0.0445 e. The Hall–Kier alpha value is -0.610. The van der Waals surface area contributed by atoms with E-state index in [2.05, 4.69) is 24.4 Å². The van der Waals surface area contributed by atoms with Crippen molar-refractivity contribution < 1.29 is 5.11 Å². The molecule has 4 heteroatoms. The summed E-state index contributed by atoms with van der Waals surface area (Å²) in [5, 5.41) is 13.5. The van der Waals surface area contributed by atoms with Gasteiger partial charge in [-0.05, 0) is 80.6 Å². The predicted molar refractivity (Wildman–Crippen MR) is 97.9 cm³/mol. The first-order valence-electron chi connectivity index (χ1n) is 8.92. The van der Waals surface area contributed by atoms with Crippen LogP contribution in [0.3, 0.4) is 0 Å². The summed E-state index contributed by atoms with van der Waals surface area (Å²) in [6, 6.07) is 8.28. The van der Waals surface area contributed by atoms with Crippen molar-refractivity contribution in [2.45, 2.75) is 51.0 Å². The number of benzene rings is 1. The van der Waals surface area contributed by atoms with Gasteiger partial charge < -0.3 is 16.2 Å². The van der Waals surface area contributed by atoms with Crippen LogP contribution in [0.25, 0.3) is 0 Å². The third-order valence-electron chi connectivity index (χ3n) is 4.90. The van der Waals surface area contributed by atoms with E-state index in [1.165, 1.54) is 18.4 Å². The largest absolute Gasteiger partial charge is 0.396 e. The molecule has 0 aromatic heterocycles. The molecule has 1 aromatic carbocycles. The maximum absolute atomic E-state index is 9.07. The summed E-state index contributed by atoms with van der Waals surface area (Å²) >= 11 is 6.19. The molecule has 0 aliphatic heterocycles. The normalized spacial score (nSPS) is 18.6. The van der Waals surface area contributed by atoms with Gasteiger partial charge in [-0.25, -0.2) is 0 Å². The van der Waals surface area contributed by atoms with E-state index in [9.17, 15) is 0 Å². The van der Waals surface area contributed by atoms with Crippen LogP contribution in [0, 0.1) is 11.8 Å². The van der Waals surface area contributed by atoms with Crippen LogP contribution in [-0.2, 0) is 0 Å². The van der Waals surface area contributed by atoms with E-state index in [4.69, 9.17) is 22.4 Å². The molecule has 1 aliphatic carbocycles. The SMILES string of the molecule is CC(CC(N)CCO)C(CCNCC1CC1)c1cccc(Cl)c1. The molecule has 1 saturated carbocycles. The lowest BCUT2D eigenvalue weighted by molar-refractivity contribution is 0.260.